The Hall–Kier alpha value is -1.01. The molecular formula is C47H91NO13. The van der Waals surface area contributed by atoms with E-state index in [1.165, 1.54) is 122 Å². The van der Waals surface area contributed by atoms with Crippen molar-refractivity contribution in [3.8, 4) is 0 Å². The lowest BCUT2D eigenvalue weighted by atomic mass is 9.97. The molecule has 2 saturated heterocycles. The quantitative estimate of drug-likeness (QED) is 0.0334. The summed E-state index contributed by atoms with van der Waals surface area (Å²) >= 11 is 0. The summed E-state index contributed by atoms with van der Waals surface area (Å²) in [5.74, 6) is -0.205. The van der Waals surface area contributed by atoms with Crippen LogP contribution in [0.25, 0.3) is 0 Å². The maximum atomic E-state index is 13.1. The molecule has 0 aromatic rings. The van der Waals surface area contributed by atoms with Crippen LogP contribution in [0.5, 0.6) is 0 Å². The monoisotopic (exact) mass is 878 g/mol. The van der Waals surface area contributed by atoms with Gasteiger partial charge in [-0.3, -0.25) is 4.79 Å². The molecule has 14 heteroatoms. The van der Waals surface area contributed by atoms with E-state index in [2.05, 4.69) is 19.2 Å². The molecule has 362 valence electrons. The Morgan fingerprint density at radius 1 is 0.525 bits per heavy atom. The predicted molar refractivity (Wildman–Crippen MR) is 236 cm³/mol. The van der Waals surface area contributed by atoms with E-state index in [-0.39, 0.29) is 12.5 Å². The summed E-state index contributed by atoms with van der Waals surface area (Å²) in [5.41, 5.74) is 0. The fraction of sp³-hybridized carbons (Fsp3) is 0.979. The second kappa shape index (κ2) is 35.3. The van der Waals surface area contributed by atoms with Gasteiger partial charge in [-0.15, -0.1) is 0 Å². The van der Waals surface area contributed by atoms with Gasteiger partial charge in [0.05, 0.1) is 32.0 Å². The maximum Gasteiger partial charge on any atom is 0.220 e. The molecule has 14 nitrogen and oxygen atoms in total. The highest BCUT2D eigenvalue weighted by atomic mass is 16.7. The zero-order chi connectivity index (χ0) is 44.7. The molecule has 12 atom stereocenters. The number of carbonyl (C=O) groups is 1. The van der Waals surface area contributed by atoms with E-state index in [1.807, 2.05) is 0 Å². The number of aliphatic hydroxyl groups excluding tert-OH is 8. The highest BCUT2D eigenvalue weighted by Gasteiger charge is 2.51. The maximum absolute atomic E-state index is 13.1. The minimum atomic E-state index is -1.78. The molecule has 4 unspecified atom stereocenters. The fourth-order valence-corrected chi connectivity index (χ4v) is 8.47. The SMILES string of the molecule is CCCCCCCCCCCCCCCCC(=O)N[C@@H](CO[C@@H]1O[C@H](CO)[C@@H](O[C@@H]2O[C@H](CO)[C@H](O)C(O)C2O)C(O)C1O)[C@H](O)CCCCCCCCCCCCCCC. The van der Waals surface area contributed by atoms with Gasteiger partial charge in [-0.2, -0.15) is 0 Å². The highest BCUT2D eigenvalue weighted by Crippen LogP contribution is 2.30. The first-order chi connectivity index (χ1) is 29.6. The second-order valence-corrected chi connectivity index (χ2v) is 18.0. The summed E-state index contributed by atoms with van der Waals surface area (Å²) < 4.78 is 22.7. The van der Waals surface area contributed by atoms with Gasteiger partial charge >= 0.3 is 0 Å². The Morgan fingerprint density at radius 3 is 1.39 bits per heavy atom. The molecule has 0 aromatic carbocycles. The standard InChI is InChI=1S/C47H91NO13/c1-3-5-7-9-11-13-15-17-19-21-23-25-27-29-31-39(52)48-35(36(51)30-28-26-24-22-20-18-16-14-12-10-8-6-4-2)34-58-46-44(57)42(55)45(38(33-50)60-46)61-47-43(56)41(54)40(53)37(32-49)59-47/h35-38,40-47,49-51,53-57H,3-34H2,1-2H3,(H,48,52)/t35-,36+,37+,38+,40-,41?,42?,43?,44?,45+,46+,47-/m0/s1. The number of hydrogen-bond acceptors (Lipinski definition) is 13. The summed E-state index contributed by atoms with van der Waals surface area (Å²) in [6.45, 7) is 2.85. The van der Waals surface area contributed by atoms with Crippen LogP contribution < -0.4 is 5.32 Å². The van der Waals surface area contributed by atoms with Crippen LogP contribution in [0, 0.1) is 0 Å². The van der Waals surface area contributed by atoms with E-state index in [0.29, 0.717) is 12.8 Å². The molecule has 0 aliphatic carbocycles. The van der Waals surface area contributed by atoms with Gasteiger partial charge in [0, 0.05) is 6.42 Å². The van der Waals surface area contributed by atoms with Crippen molar-refractivity contribution in [3.05, 3.63) is 0 Å². The van der Waals surface area contributed by atoms with Crippen LogP contribution in [-0.4, -0.2) is 140 Å². The lowest BCUT2D eigenvalue weighted by Crippen LogP contribution is -2.65. The largest absolute Gasteiger partial charge is 0.394 e. The molecule has 2 aliphatic rings. The fourth-order valence-electron chi connectivity index (χ4n) is 8.47. The first-order valence-corrected chi connectivity index (χ1v) is 24.8. The summed E-state index contributed by atoms with van der Waals surface area (Å²) in [6, 6.07) is -0.819. The van der Waals surface area contributed by atoms with Gasteiger partial charge in [0.15, 0.2) is 12.6 Å². The van der Waals surface area contributed by atoms with Gasteiger partial charge in [-0.05, 0) is 12.8 Å². The number of rotatable bonds is 38. The van der Waals surface area contributed by atoms with Crippen molar-refractivity contribution in [2.75, 3.05) is 19.8 Å². The van der Waals surface area contributed by atoms with Crippen molar-refractivity contribution in [1.82, 2.24) is 5.32 Å². The zero-order valence-corrected chi connectivity index (χ0v) is 38.2. The van der Waals surface area contributed by atoms with Crippen LogP contribution in [0.2, 0.25) is 0 Å². The minimum absolute atomic E-state index is 0.205. The number of hydrogen-bond donors (Lipinski definition) is 9. The molecule has 0 aromatic heterocycles. The summed E-state index contributed by atoms with van der Waals surface area (Å²) in [4.78, 5) is 13.1. The second-order valence-electron chi connectivity index (χ2n) is 18.0. The summed E-state index contributed by atoms with van der Waals surface area (Å²) in [7, 11) is 0. The number of carbonyl (C=O) groups excluding carboxylic acids is 1. The molecule has 2 heterocycles. The van der Waals surface area contributed by atoms with E-state index in [9.17, 15) is 45.6 Å². The first kappa shape index (κ1) is 56.1. The van der Waals surface area contributed by atoms with E-state index in [1.54, 1.807) is 0 Å². The number of nitrogens with one attached hydrogen (secondary N) is 1. The van der Waals surface area contributed by atoms with E-state index in [0.717, 1.165) is 51.4 Å². The van der Waals surface area contributed by atoms with Crippen LogP contribution in [0.15, 0.2) is 0 Å². The topological polar surface area (TPSA) is 228 Å². The van der Waals surface area contributed by atoms with Crippen molar-refractivity contribution in [2.24, 2.45) is 0 Å². The Morgan fingerprint density at radius 2 is 0.934 bits per heavy atom. The lowest BCUT2D eigenvalue weighted by Gasteiger charge is -2.46. The third-order valence-electron chi connectivity index (χ3n) is 12.6. The van der Waals surface area contributed by atoms with Gasteiger partial charge in [-0.25, -0.2) is 0 Å². The molecule has 0 spiro atoms. The van der Waals surface area contributed by atoms with Crippen LogP contribution >= 0.6 is 0 Å². The Labute approximate surface area is 368 Å². The number of amides is 1. The molecule has 0 bridgehead atoms. The molecule has 2 aliphatic heterocycles. The molecule has 1 amide bonds. The van der Waals surface area contributed by atoms with Gasteiger partial charge in [0.1, 0.15) is 48.8 Å². The van der Waals surface area contributed by atoms with Crippen molar-refractivity contribution in [3.63, 3.8) is 0 Å². The highest BCUT2D eigenvalue weighted by molar-refractivity contribution is 5.76. The zero-order valence-electron chi connectivity index (χ0n) is 38.2. The predicted octanol–water partition coefficient (Wildman–Crippen LogP) is 5.83. The minimum Gasteiger partial charge on any atom is -0.394 e. The molecular weight excluding hydrogens is 787 g/mol. The van der Waals surface area contributed by atoms with Crippen LogP contribution in [0.3, 0.4) is 0 Å². The Kier molecular flexibility index (Phi) is 32.5. The Balaban J connectivity index is 1.85. The number of unbranched alkanes of at least 4 members (excludes halogenated alkanes) is 25. The van der Waals surface area contributed by atoms with Crippen LogP contribution in [0.1, 0.15) is 200 Å². The molecule has 9 N–H and O–H groups in total. The molecule has 2 rings (SSSR count). The third-order valence-corrected chi connectivity index (χ3v) is 12.6. The third kappa shape index (κ3) is 23.1. The normalized spacial score (nSPS) is 27.9. The van der Waals surface area contributed by atoms with E-state index < -0.39 is 86.8 Å². The average Bonchev–Trinajstić information content (AvgIpc) is 3.26. The van der Waals surface area contributed by atoms with Gasteiger partial charge in [0.25, 0.3) is 0 Å². The van der Waals surface area contributed by atoms with Crippen LogP contribution in [-0.2, 0) is 23.7 Å². The van der Waals surface area contributed by atoms with Crippen molar-refractivity contribution in [2.45, 2.75) is 274 Å². The number of aliphatic hydroxyl groups is 8. The molecule has 0 radical (unpaired) electrons. The van der Waals surface area contributed by atoms with Crippen LogP contribution in [0.4, 0.5) is 0 Å². The average molecular weight is 878 g/mol. The van der Waals surface area contributed by atoms with Crippen molar-refractivity contribution >= 4 is 5.91 Å². The van der Waals surface area contributed by atoms with Crippen molar-refractivity contribution < 1.29 is 64.6 Å². The van der Waals surface area contributed by atoms with Gasteiger partial charge in [0.2, 0.25) is 5.91 Å². The summed E-state index contributed by atoms with van der Waals surface area (Å²) in [6.07, 6.45) is 16.7. The van der Waals surface area contributed by atoms with E-state index in [4.69, 9.17) is 18.9 Å². The number of ether oxygens (including phenoxy) is 4. The molecule has 2 fully saturated rings. The van der Waals surface area contributed by atoms with Crippen molar-refractivity contribution in [1.29, 1.82) is 0 Å². The van der Waals surface area contributed by atoms with E-state index >= 15 is 0 Å². The van der Waals surface area contributed by atoms with Gasteiger partial charge < -0.3 is 65.1 Å². The smallest absolute Gasteiger partial charge is 0.220 e. The Bertz CT molecular complexity index is 1040. The molecule has 61 heavy (non-hydrogen) atoms. The molecule has 0 saturated carbocycles. The first-order valence-electron chi connectivity index (χ1n) is 24.8. The summed E-state index contributed by atoms with van der Waals surface area (Å²) in [5, 5.41) is 86.8. The lowest BCUT2D eigenvalue weighted by molar-refractivity contribution is -0.359. The van der Waals surface area contributed by atoms with Gasteiger partial charge in [-0.1, -0.05) is 181 Å².